The molecule has 0 aliphatic heterocycles. The highest BCUT2D eigenvalue weighted by molar-refractivity contribution is 6.31. The molecule has 1 aliphatic rings. The number of fused-ring (bicyclic) bond motifs is 22. The van der Waals surface area contributed by atoms with Crippen LogP contribution in [0.1, 0.15) is 41.7 Å². The Labute approximate surface area is 711 Å². The first-order chi connectivity index (χ1) is 60.5. The monoisotopic (exact) mass is 1570 g/mol. The summed E-state index contributed by atoms with van der Waals surface area (Å²) >= 11 is 0. The first kappa shape index (κ1) is 71.7. The van der Waals surface area contributed by atoms with Crippen LogP contribution >= 0.6 is 0 Å². The van der Waals surface area contributed by atoms with Crippen LogP contribution in [0.2, 0.25) is 0 Å². The van der Waals surface area contributed by atoms with E-state index in [9.17, 15) is 0 Å². The number of para-hydroxylation sites is 3. The van der Waals surface area contributed by atoms with Crippen molar-refractivity contribution in [2.24, 2.45) is 0 Å². The van der Waals surface area contributed by atoms with Gasteiger partial charge in [0.05, 0.1) is 0 Å². The Morgan fingerprint density at radius 1 is 0.171 bits per heavy atom. The lowest BCUT2D eigenvalue weighted by molar-refractivity contribution is 0.660. The van der Waals surface area contributed by atoms with Crippen LogP contribution in [-0.2, 0) is 5.41 Å². The van der Waals surface area contributed by atoms with E-state index in [-0.39, 0.29) is 5.41 Å². The zero-order valence-corrected chi connectivity index (χ0v) is 68.8. The standard InChI is InChI=1S/C42H30O.C41H26O.C37H24O/c1-25-19-21-31-34(23-25)40(33-15-10-18-38-41(33)32-14-7-9-17-37(32)43-38)30-13-5-4-12-29(30)39(31)26-20-22-28-27-11-6-8-16-35(27)42(2,3)36(28)24-26;1-25-21-22-32-35(23-25)40(34-18-10-20-38-41(34)33-17-8-9-19-37(33)42-38)31-16-7-6-15-30(31)39(32)36-24-26-11-2-3-12-27(26)28-13-4-5-14-29(28)36;1-23-20-21-29-32(22-23)36(31-17-9-19-34-37(31)30-15-6-7-18-33(30)38-34)28-14-5-4-13-27(28)35(29)26-16-8-11-24-10-2-3-12-25(24)26/h4-24H,1-3H3;2-24H,1H3;2-22H,1H3. The Hall–Kier alpha value is -15.4. The van der Waals surface area contributed by atoms with Crippen molar-refractivity contribution in [3.05, 3.63) is 422 Å². The molecule has 3 heterocycles. The van der Waals surface area contributed by atoms with Gasteiger partial charge in [0.25, 0.3) is 0 Å². The summed E-state index contributed by atoms with van der Waals surface area (Å²) in [7, 11) is 0. The maximum Gasteiger partial charge on any atom is 0.136 e. The Kier molecular flexibility index (Phi) is 16.4. The SMILES string of the molecule is Cc1ccc2c(-c3cc4ccccc4c4ccccc34)c3ccccc3c(-c3cccc4oc5ccccc5c34)c2c1.Cc1ccc2c(-c3ccc4c(c3)C(C)(C)c3ccccc3-4)c3ccccc3c(-c3cccc4oc5ccccc5c34)c2c1.Cc1ccc2c(-c3cccc4ccccc34)c3ccccc3c(-c3cccc4oc5ccccc5c34)c2c1. The minimum Gasteiger partial charge on any atom is -0.456 e. The van der Waals surface area contributed by atoms with E-state index in [0.717, 1.165) is 49.7 Å². The van der Waals surface area contributed by atoms with Crippen LogP contribution in [0.15, 0.2) is 408 Å². The molecule has 578 valence electrons. The summed E-state index contributed by atoms with van der Waals surface area (Å²) in [6.45, 7) is 11.3. The summed E-state index contributed by atoms with van der Waals surface area (Å²) in [6, 6.07) is 143. The van der Waals surface area contributed by atoms with Gasteiger partial charge in [0.2, 0.25) is 0 Å². The molecule has 0 amide bonds. The molecule has 0 spiro atoms. The Bertz CT molecular complexity index is 8770. The molecule has 0 saturated heterocycles. The molecule has 123 heavy (non-hydrogen) atoms. The van der Waals surface area contributed by atoms with Gasteiger partial charge >= 0.3 is 0 Å². The van der Waals surface area contributed by atoms with Gasteiger partial charge in [-0.1, -0.05) is 376 Å². The van der Waals surface area contributed by atoms with Gasteiger partial charge in [-0.3, -0.25) is 0 Å². The van der Waals surface area contributed by atoms with E-state index >= 15 is 0 Å². The molecule has 3 aromatic heterocycles. The maximum atomic E-state index is 6.34. The number of benzene rings is 22. The summed E-state index contributed by atoms with van der Waals surface area (Å²) in [6.07, 6.45) is 0. The van der Waals surface area contributed by atoms with Crippen LogP contribution in [0.5, 0.6) is 0 Å². The van der Waals surface area contributed by atoms with Gasteiger partial charge in [-0.05, 0) is 255 Å². The first-order valence-electron chi connectivity index (χ1n) is 42.8. The molecule has 0 N–H and O–H groups in total. The maximum absolute atomic E-state index is 6.34. The number of hydrogen-bond acceptors (Lipinski definition) is 3. The predicted octanol–water partition coefficient (Wildman–Crippen LogP) is 34.4. The molecule has 0 atom stereocenters. The van der Waals surface area contributed by atoms with Crippen molar-refractivity contribution in [3.8, 4) is 77.9 Å². The molecule has 0 fully saturated rings. The van der Waals surface area contributed by atoms with Gasteiger partial charge in [-0.15, -0.1) is 0 Å². The van der Waals surface area contributed by atoms with Gasteiger partial charge in [0, 0.05) is 37.7 Å². The van der Waals surface area contributed by atoms with Crippen LogP contribution in [0.3, 0.4) is 0 Å². The molecular formula is C120H80O3. The summed E-state index contributed by atoms with van der Waals surface area (Å²) in [5.74, 6) is 0. The number of rotatable bonds is 6. The van der Waals surface area contributed by atoms with Crippen LogP contribution in [0.4, 0.5) is 0 Å². The van der Waals surface area contributed by atoms with Crippen LogP contribution in [-0.4, -0.2) is 0 Å². The molecule has 0 unspecified atom stereocenters. The van der Waals surface area contributed by atoms with Crippen molar-refractivity contribution in [1.82, 2.24) is 0 Å². The molecule has 22 aromatic carbocycles. The van der Waals surface area contributed by atoms with Crippen molar-refractivity contribution >= 4 is 163 Å². The first-order valence-corrected chi connectivity index (χ1v) is 42.8. The quantitative estimate of drug-likeness (QED) is 0.123. The van der Waals surface area contributed by atoms with E-state index in [1.54, 1.807) is 0 Å². The second-order valence-electron chi connectivity index (χ2n) is 34.0. The highest BCUT2D eigenvalue weighted by atomic mass is 16.3. The van der Waals surface area contributed by atoms with Gasteiger partial charge in [-0.25, -0.2) is 0 Å². The van der Waals surface area contributed by atoms with Gasteiger partial charge < -0.3 is 13.3 Å². The van der Waals surface area contributed by atoms with Gasteiger partial charge in [-0.2, -0.15) is 0 Å². The normalized spacial score (nSPS) is 12.5. The van der Waals surface area contributed by atoms with Crippen LogP contribution in [0, 0.1) is 20.8 Å². The lowest BCUT2D eigenvalue weighted by Gasteiger charge is -2.23. The zero-order chi connectivity index (χ0) is 81.9. The van der Waals surface area contributed by atoms with E-state index in [2.05, 4.69) is 411 Å². The molecule has 1 aliphatic carbocycles. The molecular weight excluding hydrogens is 1490 g/mol. The Morgan fingerprint density at radius 2 is 0.480 bits per heavy atom. The van der Waals surface area contributed by atoms with Crippen molar-refractivity contribution in [3.63, 3.8) is 0 Å². The third-order valence-corrected chi connectivity index (χ3v) is 26.5. The minimum absolute atomic E-state index is 0.0535. The lowest BCUT2D eigenvalue weighted by Crippen LogP contribution is -2.14. The summed E-state index contributed by atoms with van der Waals surface area (Å²) in [5.41, 5.74) is 29.9. The predicted molar refractivity (Wildman–Crippen MR) is 523 cm³/mol. The number of furan rings is 3. The zero-order valence-electron chi connectivity index (χ0n) is 68.8. The Morgan fingerprint density at radius 3 is 0.959 bits per heavy atom. The van der Waals surface area contributed by atoms with Gasteiger partial charge in [0.15, 0.2) is 0 Å². The highest BCUT2D eigenvalue weighted by Gasteiger charge is 2.36. The fourth-order valence-corrected chi connectivity index (χ4v) is 21.2. The number of aryl methyl sites for hydroxylation is 3. The smallest absolute Gasteiger partial charge is 0.136 e. The summed E-state index contributed by atoms with van der Waals surface area (Å²) < 4.78 is 19.0. The topological polar surface area (TPSA) is 39.4 Å². The molecule has 3 heteroatoms. The molecule has 26 rings (SSSR count). The van der Waals surface area contributed by atoms with E-state index in [4.69, 9.17) is 13.3 Å². The molecule has 0 bridgehead atoms. The van der Waals surface area contributed by atoms with E-state index in [1.165, 1.54) is 219 Å². The lowest BCUT2D eigenvalue weighted by atomic mass is 9.80. The van der Waals surface area contributed by atoms with Crippen molar-refractivity contribution in [2.75, 3.05) is 0 Å². The number of hydrogen-bond donors (Lipinski definition) is 0. The average Bonchev–Trinajstić information content (AvgIpc) is 1.61. The second-order valence-corrected chi connectivity index (χ2v) is 34.0. The van der Waals surface area contributed by atoms with E-state index in [1.807, 2.05) is 18.2 Å². The summed E-state index contributed by atoms with van der Waals surface area (Å²) in [5, 5.41) is 29.8. The molecule has 25 aromatic rings. The van der Waals surface area contributed by atoms with E-state index in [0.29, 0.717) is 0 Å². The average molecular weight is 1570 g/mol. The fourth-order valence-electron chi connectivity index (χ4n) is 21.2. The van der Waals surface area contributed by atoms with Crippen molar-refractivity contribution in [2.45, 2.75) is 40.0 Å². The largest absolute Gasteiger partial charge is 0.456 e. The van der Waals surface area contributed by atoms with Gasteiger partial charge in [0.1, 0.15) is 33.5 Å². The van der Waals surface area contributed by atoms with Crippen molar-refractivity contribution in [1.29, 1.82) is 0 Å². The fraction of sp³-hybridized carbons (Fsp3) is 0.0500. The highest BCUT2D eigenvalue weighted by Crippen LogP contribution is 2.55. The van der Waals surface area contributed by atoms with Crippen LogP contribution < -0.4 is 0 Å². The van der Waals surface area contributed by atoms with E-state index < -0.39 is 0 Å². The molecule has 0 saturated carbocycles. The molecule has 3 nitrogen and oxygen atoms in total. The second kappa shape index (κ2) is 28.1. The third-order valence-electron chi connectivity index (χ3n) is 26.5. The van der Waals surface area contributed by atoms with Crippen molar-refractivity contribution < 1.29 is 13.3 Å². The molecule has 0 radical (unpaired) electrons. The van der Waals surface area contributed by atoms with Crippen LogP contribution in [0.25, 0.3) is 241 Å². The summed E-state index contributed by atoms with van der Waals surface area (Å²) in [4.78, 5) is 0. The Balaban J connectivity index is 0.000000104. The third kappa shape index (κ3) is 11.2. The minimum atomic E-state index is -0.0535.